The van der Waals surface area contributed by atoms with Crippen molar-refractivity contribution < 1.29 is 14.8 Å². The zero-order valence-corrected chi connectivity index (χ0v) is 11.4. The summed E-state index contributed by atoms with van der Waals surface area (Å²) in [6.07, 6.45) is 0. The van der Waals surface area contributed by atoms with E-state index in [-0.39, 0.29) is 5.56 Å². The molecule has 2 rings (SSSR count). The quantitative estimate of drug-likeness (QED) is 0.669. The highest BCUT2D eigenvalue weighted by Crippen LogP contribution is 2.29. The van der Waals surface area contributed by atoms with Gasteiger partial charge in [-0.1, -0.05) is 6.07 Å². The van der Waals surface area contributed by atoms with Crippen molar-refractivity contribution in [1.82, 2.24) is 5.32 Å². The van der Waals surface area contributed by atoms with Gasteiger partial charge in [-0.15, -0.1) is 0 Å². The van der Waals surface area contributed by atoms with Gasteiger partial charge < -0.3 is 10.4 Å². The lowest BCUT2D eigenvalue weighted by atomic mass is 10.1. The van der Waals surface area contributed by atoms with E-state index in [9.17, 15) is 20.0 Å². The Morgan fingerprint density at radius 1 is 1.45 bits per heavy atom. The molecule has 0 aliphatic carbocycles. The number of carbonyl (C=O) groups is 1. The number of carbonyl (C=O) groups excluding carboxylic acids is 1. The Balaban J connectivity index is 2.16. The standard InChI is InChI=1S/C13H12N2O4S/c1-8-6-20-7-9(8)5-14-13(17)10-3-2-4-11(12(10)16)15(18)19/h2-4,6-7,16H,5H2,1H3,(H,14,17). The van der Waals surface area contributed by atoms with Crippen molar-refractivity contribution in [3.05, 3.63) is 55.8 Å². The lowest BCUT2D eigenvalue weighted by molar-refractivity contribution is -0.385. The number of phenols is 1. The minimum absolute atomic E-state index is 0.105. The van der Waals surface area contributed by atoms with Crippen LogP contribution in [-0.4, -0.2) is 15.9 Å². The largest absolute Gasteiger partial charge is 0.502 e. The van der Waals surface area contributed by atoms with Crippen molar-refractivity contribution in [2.75, 3.05) is 0 Å². The number of phenolic OH excluding ortho intramolecular Hbond substituents is 1. The highest BCUT2D eigenvalue weighted by molar-refractivity contribution is 7.08. The van der Waals surface area contributed by atoms with E-state index in [4.69, 9.17) is 0 Å². The summed E-state index contributed by atoms with van der Waals surface area (Å²) in [5.41, 5.74) is 1.46. The van der Waals surface area contributed by atoms with Crippen LogP contribution in [0.25, 0.3) is 0 Å². The summed E-state index contributed by atoms with van der Waals surface area (Å²) < 4.78 is 0. The average molecular weight is 292 g/mol. The van der Waals surface area contributed by atoms with Gasteiger partial charge in [0, 0.05) is 12.6 Å². The Bertz CT molecular complexity index is 666. The van der Waals surface area contributed by atoms with Crippen LogP contribution < -0.4 is 5.32 Å². The molecule has 1 aromatic heterocycles. The fourth-order valence-corrected chi connectivity index (χ4v) is 2.56. The number of amides is 1. The first-order valence-electron chi connectivity index (χ1n) is 5.77. The van der Waals surface area contributed by atoms with E-state index in [0.29, 0.717) is 6.54 Å². The molecule has 104 valence electrons. The number of nitro benzene ring substituents is 1. The molecule has 20 heavy (non-hydrogen) atoms. The summed E-state index contributed by atoms with van der Waals surface area (Å²) in [6, 6.07) is 3.86. The molecule has 0 atom stereocenters. The predicted octanol–water partition coefficient (Wildman–Crippen LogP) is 2.60. The van der Waals surface area contributed by atoms with Crippen LogP contribution in [0.2, 0.25) is 0 Å². The summed E-state index contributed by atoms with van der Waals surface area (Å²) >= 11 is 1.53. The van der Waals surface area contributed by atoms with Gasteiger partial charge in [-0.2, -0.15) is 11.3 Å². The number of aryl methyl sites for hydroxylation is 1. The summed E-state index contributed by atoms with van der Waals surface area (Å²) in [5.74, 6) is -1.16. The summed E-state index contributed by atoms with van der Waals surface area (Å²) in [6.45, 7) is 2.25. The van der Waals surface area contributed by atoms with Crippen LogP contribution in [0.15, 0.2) is 29.0 Å². The Kier molecular flexibility index (Phi) is 3.99. The summed E-state index contributed by atoms with van der Waals surface area (Å²) in [5, 5.41) is 27.0. The second-order valence-electron chi connectivity index (χ2n) is 4.19. The number of para-hydroxylation sites is 1. The molecule has 1 heterocycles. The maximum atomic E-state index is 12.0. The normalized spacial score (nSPS) is 10.2. The van der Waals surface area contributed by atoms with Crippen LogP contribution in [0.4, 0.5) is 5.69 Å². The molecular formula is C13H12N2O4S. The second-order valence-corrected chi connectivity index (χ2v) is 4.94. The number of hydrogen-bond donors (Lipinski definition) is 2. The number of aromatic hydroxyl groups is 1. The smallest absolute Gasteiger partial charge is 0.311 e. The molecular weight excluding hydrogens is 280 g/mol. The zero-order valence-electron chi connectivity index (χ0n) is 10.6. The van der Waals surface area contributed by atoms with Gasteiger partial charge in [-0.05, 0) is 34.9 Å². The number of nitrogens with one attached hydrogen (secondary N) is 1. The predicted molar refractivity (Wildman–Crippen MR) is 75.0 cm³/mol. The molecule has 0 saturated heterocycles. The minimum atomic E-state index is -0.727. The van der Waals surface area contributed by atoms with Crippen LogP contribution in [-0.2, 0) is 6.54 Å². The molecule has 0 radical (unpaired) electrons. The molecule has 6 nitrogen and oxygen atoms in total. The maximum Gasteiger partial charge on any atom is 0.311 e. The topological polar surface area (TPSA) is 92.5 Å². The van der Waals surface area contributed by atoms with Crippen molar-refractivity contribution in [2.24, 2.45) is 0 Å². The lowest BCUT2D eigenvalue weighted by Gasteiger charge is -2.06. The Hall–Kier alpha value is -2.41. The van der Waals surface area contributed by atoms with Crippen molar-refractivity contribution in [3.8, 4) is 5.75 Å². The van der Waals surface area contributed by atoms with E-state index in [1.165, 1.54) is 23.5 Å². The number of rotatable bonds is 4. The van der Waals surface area contributed by atoms with Crippen LogP contribution in [0.3, 0.4) is 0 Å². The van der Waals surface area contributed by atoms with Gasteiger partial charge in [0.2, 0.25) is 5.75 Å². The number of nitro groups is 1. The zero-order chi connectivity index (χ0) is 14.7. The number of thiophene rings is 1. The molecule has 0 aliphatic heterocycles. The van der Waals surface area contributed by atoms with Gasteiger partial charge in [0.05, 0.1) is 10.5 Å². The second kappa shape index (κ2) is 5.70. The SMILES string of the molecule is Cc1cscc1CNC(=O)c1cccc([N+](=O)[O-])c1O. The third kappa shape index (κ3) is 2.77. The fourth-order valence-electron chi connectivity index (χ4n) is 1.70. The van der Waals surface area contributed by atoms with Crippen molar-refractivity contribution >= 4 is 22.9 Å². The van der Waals surface area contributed by atoms with Crippen molar-refractivity contribution in [2.45, 2.75) is 13.5 Å². The maximum absolute atomic E-state index is 12.0. The van der Waals surface area contributed by atoms with Crippen LogP contribution >= 0.6 is 11.3 Å². The van der Waals surface area contributed by atoms with Gasteiger partial charge in [-0.3, -0.25) is 14.9 Å². The van der Waals surface area contributed by atoms with Crippen molar-refractivity contribution in [1.29, 1.82) is 0 Å². The monoisotopic (exact) mass is 292 g/mol. The van der Waals surface area contributed by atoms with Gasteiger partial charge in [-0.25, -0.2) is 0 Å². The molecule has 0 unspecified atom stereocenters. The Morgan fingerprint density at radius 3 is 2.80 bits per heavy atom. The molecule has 0 fully saturated rings. The first-order valence-corrected chi connectivity index (χ1v) is 6.71. The van der Waals surface area contributed by atoms with Gasteiger partial charge >= 0.3 is 5.69 Å². The number of nitrogens with zero attached hydrogens (tertiary/aromatic N) is 1. The summed E-state index contributed by atoms with van der Waals surface area (Å²) in [4.78, 5) is 21.9. The van der Waals surface area contributed by atoms with Crippen LogP contribution in [0, 0.1) is 17.0 Å². The highest BCUT2D eigenvalue weighted by atomic mass is 32.1. The van der Waals surface area contributed by atoms with E-state index in [2.05, 4.69) is 5.32 Å². The number of benzene rings is 1. The molecule has 0 bridgehead atoms. The molecule has 0 aliphatic rings. The third-order valence-electron chi connectivity index (χ3n) is 2.86. The molecule has 2 aromatic rings. The van der Waals surface area contributed by atoms with E-state index < -0.39 is 22.3 Å². The summed E-state index contributed by atoms with van der Waals surface area (Å²) in [7, 11) is 0. The van der Waals surface area contributed by atoms with Crippen LogP contribution in [0.1, 0.15) is 21.5 Å². The van der Waals surface area contributed by atoms with E-state index in [1.807, 2.05) is 17.7 Å². The molecule has 1 aromatic carbocycles. The average Bonchev–Trinajstić information content (AvgIpc) is 2.81. The third-order valence-corrected chi connectivity index (χ3v) is 3.77. The lowest BCUT2D eigenvalue weighted by Crippen LogP contribution is -2.23. The first-order chi connectivity index (χ1) is 9.50. The van der Waals surface area contributed by atoms with Crippen molar-refractivity contribution in [3.63, 3.8) is 0 Å². The van der Waals surface area contributed by atoms with Gasteiger partial charge in [0.1, 0.15) is 0 Å². The van der Waals surface area contributed by atoms with Gasteiger partial charge in [0.25, 0.3) is 5.91 Å². The van der Waals surface area contributed by atoms with E-state index in [1.54, 1.807) is 0 Å². The number of hydrogen-bond acceptors (Lipinski definition) is 5. The molecule has 0 spiro atoms. The first kappa shape index (κ1) is 14.0. The van der Waals surface area contributed by atoms with Gasteiger partial charge in [0.15, 0.2) is 0 Å². The fraction of sp³-hybridized carbons (Fsp3) is 0.154. The molecule has 2 N–H and O–H groups in total. The highest BCUT2D eigenvalue weighted by Gasteiger charge is 2.20. The molecule has 0 saturated carbocycles. The molecule has 7 heteroatoms. The molecule has 1 amide bonds. The Morgan fingerprint density at radius 2 is 2.20 bits per heavy atom. The van der Waals surface area contributed by atoms with E-state index >= 15 is 0 Å². The minimum Gasteiger partial charge on any atom is -0.502 e. The van der Waals surface area contributed by atoms with E-state index in [0.717, 1.165) is 17.2 Å². The Labute approximate surface area is 118 Å². The van der Waals surface area contributed by atoms with Crippen LogP contribution in [0.5, 0.6) is 5.75 Å².